The van der Waals surface area contributed by atoms with Gasteiger partial charge in [0, 0.05) is 19.7 Å². The Morgan fingerprint density at radius 1 is 1.47 bits per heavy atom. The number of alkyl halides is 3. The van der Waals surface area contributed by atoms with Crippen molar-refractivity contribution in [3.05, 3.63) is 0 Å². The Labute approximate surface area is 99.1 Å². The monoisotopic (exact) mass is 250 g/mol. The maximum Gasteiger partial charge on any atom is 0.405 e. The van der Waals surface area contributed by atoms with Gasteiger partial charge in [0.15, 0.2) is 5.92 Å². The van der Waals surface area contributed by atoms with E-state index in [4.69, 9.17) is 10.00 Å². The van der Waals surface area contributed by atoms with E-state index in [1.54, 1.807) is 7.05 Å². The summed E-state index contributed by atoms with van der Waals surface area (Å²) >= 11 is 0. The van der Waals surface area contributed by atoms with Crippen LogP contribution in [0.1, 0.15) is 12.8 Å². The Hall–Kier alpha value is -0.800. The smallest absolute Gasteiger partial charge is 0.380 e. The minimum absolute atomic E-state index is 0.299. The van der Waals surface area contributed by atoms with Gasteiger partial charge < -0.3 is 9.64 Å². The van der Waals surface area contributed by atoms with E-state index in [-0.39, 0.29) is 6.54 Å². The fraction of sp³-hybridized carbons (Fsp3) is 0.909. The van der Waals surface area contributed by atoms with Crippen LogP contribution in [-0.2, 0) is 4.74 Å². The highest BCUT2D eigenvalue weighted by molar-refractivity contribution is 4.90. The Kier molecular flexibility index (Phi) is 5.22. The van der Waals surface area contributed by atoms with E-state index in [2.05, 4.69) is 0 Å². The standard InChI is InChI=1S/C11H17F3N2O/c1-16(4-5-17-8-9-2-3-9)7-10(6-15)11(12,13)14/h9-10H,2-5,7-8H2,1H3. The van der Waals surface area contributed by atoms with Gasteiger partial charge in [-0.3, -0.25) is 0 Å². The lowest BCUT2D eigenvalue weighted by molar-refractivity contribution is -0.162. The average molecular weight is 250 g/mol. The molecule has 0 amide bonds. The predicted octanol–water partition coefficient (Wildman–Crippen LogP) is 2.05. The predicted molar refractivity (Wildman–Crippen MR) is 56.2 cm³/mol. The van der Waals surface area contributed by atoms with Gasteiger partial charge in [0.2, 0.25) is 0 Å². The maximum atomic E-state index is 12.3. The molecule has 0 aliphatic heterocycles. The molecule has 3 nitrogen and oxygen atoms in total. The SMILES string of the molecule is CN(CCOCC1CC1)CC(C#N)C(F)(F)F. The summed E-state index contributed by atoms with van der Waals surface area (Å²) in [6.07, 6.45) is -2.06. The van der Waals surface area contributed by atoms with Gasteiger partial charge in [0.1, 0.15) is 0 Å². The molecule has 1 fully saturated rings. The summed E-state index contributed by atoms with van der Waals surface area (Å²) in [5.41, 5.74) is 0. The molecule has 0 saturated heterocycles. The summed E-state index contributed by atoms with van der Waals surface area (Å²) in [5, 5.41) is 8.44. The molecule has 0 aromatic rings. The average Bonchev–Trinajstić information content (AvgIpc) is 3.03. The molecule has 0 aromatic heterocycles. The van der Waals surface area contributed by atoms with Crippen LogP contribution in [0.2, 0.25) is 0 Å². The minimum atomic E-state index is -4.45. The quantitative estimate of drug-likeness (QED) is 0.649. The van der Waals surface area contributed by atoms with Crippen molar-refractivity contribution in [3.8, 4) is 6.07 Å². The molecule has 1 unspecified atom stereocenters. The Bertz CT molecular complexity index is 271. The number of nitrogens with zero attached hydrogens (tertiary/aromatic N) is 2. The van der Waals surface area contributed by atoms with Gasteiger partial charge >= 0.3 is 6.18 Å². The minimum Gasteiger partial charge on any atom is -0.380 e. The molecule has 1 atom stereocenters. The third-order valence-corrected chi connectivity index (χ3v) is 2.71. The molecule has 1 aliphatic rings. The number of hydrogen-bond donors (Lipinski definition) is 0. The molecule has 17 heavy (non-hydrogen) atoms. The largest absolute Gasteiger partial charge is 0.405 e. The van der Waals surface area contributed by atoms with Crippen molar-refractivity contribution in [2.75, 3.05) is 33.4 Å². The molecule has 1 rings (SSSR count). The highest BCUT2D eigenvalue weighted by Crippen LogP contribution is 2.28. The summed E-state index contributed by atoms with van der Waals surface area (Å²) in [6, 6.07) is 1.28. The third kappa shape index (κ3) is 5.89. The van der Waals surface area contributed by atoms with E-state index >= 15 is 0 Å². The zero-order valence-corrected chi connectivity index (χ0v) is 9.83. The summed E-state index contributed by atoms with van der Waals surface area (Å²) < 4.78 is 42.2. The van der Waals surface area contributed by atoms with Gasteiger partial charge in [-0.1, -0.05) is 0 Å². The van der Waals surface area contributed by atoms with Crippen LogP contribution in [0.3, 0.4) is 0 Å². The van der Waals surface area contributed by atoms with Crippen LogP contribution in [0.15, 0.2) is 0 Å². The first-order chi connectivity index (χ1) is 7.93. The van der Waals surface area contributed by atoms with Crippen LogP contribution in [0.4, 0.5) is 13.2 Å². The molecule has 1 saturated carbocycles. The van der Waals surface area contributed by atoms with Crippen molar-refractivity contribution in [2.24, 2.45) is 11.8 Å². The normalized spacial score (nSPS) is 18.1. The Balaban J connectivity index is 2.13. The van der Waals surface area contributed by atoms with Crippen molar-refractivity contribution in [1.29, 1.82) is 5.26 Å². The lowest BCUT2D eigenvalue weighted by Gasteiger charge is -2.21. The van der Waals surface area contributed by atoms with Gasteiger partial charge in [-0.25, -0.2) is 0 Å². The van der Waals surface area contributed by atoms with Crippen molar-refractivity contribution < 1.29 is 17.9 Å². The van der Waals surface area contributed by atoms with E-state index in [0.29, 0.717) is 25.7 Å². The molecule has 0 N–H and O–H groups in total. The van der Waals surface area contributed by atoms with Crippen molar-refractivity contribution in [3.63, 3.8) is 0 Å². The van der Waals surface area contributed by atoms with Crippen LogP contribution < -0.4 is 0 Å². The zero-order valence-electron chi connectivity index (χ0n) is 9.83. The second-order valence-electron chi connectivity index (χ2n) is 4.50. The molecule has 0 spiro atoms. The van der Waals surface area contributed by atoms with Crippen molar-refractivity contribution in [2.45, 2.75) is 19.0 Å². The van der Waals surface area contributed by atoms with Crippen LogP contribution >= 0.6 is 0 Å². The number of likely N-dealkylation sites (N-methyl/N-ethyl adjacent to an activating group) is 1. The van der Waals surface area contributed by atoms with E-state index in [0.717, 1.165) is 0 Å². The van der Waals surface area contributed by atoms with Crippen LogP contribution in [0.25, 0.3) is 0 Å². The zero-order chi connectivity index (χ0) is 12.9. The highest BCUT2D eigenvalue weighted by Gasteiger charge is 2.40. The van der Waals surface area contributed by atoms with Crippen molar-refractivity contribution in [1.82, 2.24) is 4.90 Å². The Morgan fingerprint density at radius 2 is 2.12 bits per heavy atom. The summed E-state index contributed by atoms with van der Waals surface area (Å²) in [4.78, 5) is 1.48. The topological polar surface area (TPSA) is 36.3 Å². The first-order valence-electron chi connectivity index (χ1n) is 5.66. The van der Waals surface area contributed by atoms with E-state index < -0.39 is 12.1 Å². The van der Waals surface area contributed by atoms with Gasteiger partial charge in [-0.2, -0.15) is 18.4 Å². The lowest BCUT2D eigenvalue weighted by atomic mass is 10.1. The molecule has 1 aliphatic carbocycles. The number of hydrogen-bond acceptors (Lipinski definition) is 3. The molecule has 0 heterocycles. The molecule has 0 bridgehead atoms. The Morgan fingerprint density at radius 3 is 2.59 bits per heavy atom. The molecule has 6 heteroatoms. The fourth-order valence-electron chi connectivity index (χ4n) is 1.38. The van der Waals surface area contributed by atoms with E-state index in [1.165, 1.54) is 23.8 Å². The lowest BCUT2D eigenvalue weighted by Crippen LogP contribution is -2.35. The van der Waals surface area contributed by atoms with Gasteiger partial charge in [0.25, 0.3) is 0 Å². The first-order valence-corrected chi connectivity index (χ1v) is 5.66. The highest BCUT2D eigenvalue weighted by atomic mass is 19.4. The maximum absolute atomic E-state index is 12.3. The van der Waals surface area contributed by atoms with Crippen LogP contribution in [0, 0.1) is 23.2 Å². The molecule has 0 radical (unpaired) electrons. The van der Waals surface area contributed by atoms with Crippen LogP contribution in [0.5, 0.6) is 0 Å². The first kappa shape index (κ1) is 14.3. The van der Waals surface area contributed by atoms with Gasteiger partial charge in [-0.15, -0.1) is 0 Å². The second kappa shape index (κ2) is 6.22. The summed E-state index contributed by atoms with van der Waals surface area (Å²) in [6.45, 7) is 1.24. The molecular formula is C11H17F3N2O. The second-order valence-corrected chi connectivity index (χ2v) is 4.50. The number of ether oxygens (including phenoxy) is 1. The molecule has 0 aromatic carbocycles. The number of halogens is 3. The van der Waals surface area contributed by atoms with Gasteiger partial charge in [0.05, 0.1) is 12.7 Å². The summed E-state index contributed by atoms with van der Waals surface area (Å²) in [5.74, 6) is -1.27. The summed E-state index contributed by atoms with van der Waals surface area (Å²) in [7, 11) is 1.57. The fourth-order valence-corrected chi connectivity index (χ4v) is 1.38. The van der Waals surface area contributed by atoms with E-state index in [1.807, 2.05) is 0 Å². The number of nitriles is 1. The van der Waals surface area contributed by atoms with Crippen LogP contribution in [-0.4, -0.2) is 44.4 Å². The molecule has 98 valence electrons. The van der Waals surface area contributed by atoms with Crippen molar-refractivity contribution >= 4 is 0 Å². The number of rotatable bonds is 7. The van der Waals surface area contributed by atoms with Gasteiger partial charge in [-0.05, 0) is 25.8 Å². The molecular weight excluding hydrogens is 233 g/mol. The third-order valence-electron chi connectivity index (χ3n) is 2.71. The van der Waals surface area contributed by atoms with E-state index in [9.17, 15) is 13.2 Å².